The Kier molecular flexibility index (Phi) is 5.43. The maximum Gasteiger partial charge on any atom is 0.340 e. The minimum absolute atomic E-state index is 0.195. The minimum atomic E-state index is -0.342. The summed E-state index contributed by atoms with van der Waals surface area (Å²) in [5.74, 6) is 0.0999. The number of ether oxygens (including phenoxy) is 1. The van der Waals surface area contributed by atoms with E-state index >= 15 is 0 Å². The highest BCUT2D eigenvalue weighted by molar-refractivity contribution is 5.98. The molecule has 4 heteroatoms. The van der Waals surface area contributed by atoms with Crippen LogP contribution in [-0.4, -0.2) is 19.1 Å². The third kappa shape index (κ3) is 4.15. The Bertz CT molecular complexity index is 464. The van der Waals surface area contributed by atoms with Crippen LogP contribution < -0.4 is 11.1 Å². The first-order valence-electron chi connectivity index (χ1n) is 7.06. The van der Waals surface area contributed by atoms with Gasteiger partial charge < -0.3 is 15.8 Å². The van der Waals surface area contributed by atoms with E-state index in [1.807, 2.05) is 0 Å². The zero-order chi connectivity index (χ0) is 15.3. The van der Waals surface area contributed by atoms with Crippen LogP contribution in [0.25, 0.3) is 0 Å². The van der Waals surface area contributed by atoms with Gasteiger partial charge in [-0.2, -0.15) is 0 Å². The van der Waals surface area contributed by atoms with Gasteiger partial charge in [-0.05, 0) is 30.4 Å². The van der Waals surface area contributed by atoms with Crippen molar-refractivity contribution in [2.24, 2.45) is 11.3 Å². The molecule has 3 N–H and O–H groups in total. The number of hydrogen-bond acceptors (Lipinski definition) is 4. The summed E-state index contributed by atoms with van der Waals surface area (Å²) < 4.78 is 5.06. The van der Waals surface area contributed by atoms with Gasteiger partial charge in [0.15, 0.2) is 0 Å². The molecule has 0 saturated carbocycles. The fourth-order valence-corrected chi connectivity index (χ4v) is 1.71. The van der Waals surface area contributed by atoms with Crippen molar-refractivity contribution in [2.75, 3.05) is 24.2 Å². The minimum Gasteiger partial charge on any atom is -0.462 e. The van der Waals surface area contributed by atoms with Crippen LogP contribution in [0.3, 0.4) is 0 Å². The fraction of sp³-hybridized carbons (Fsp3) is 0.562. The van der Waals surface area contributed by atoms with Crippen molar-refractivity contribution >= 4 is 17.3 Å². The Hall–Kier alpha value is -1.71. The van der Waals surface area contributed by atoms with Crippen LogP contribution in [0.2, 0.25) is 0 Å². The van der Waals surface area contributed by atoms with Gasteiger partial charge in [0, 0.05) is 6.54 Å². The fourth-order valence-electron chi connectivity index (χ4n) is 1.71. The number of carbonyl (C=O) groups excluding carboxylic acids is 1. The molecule has 4 nitrogen and oxygen atoms in total. The number of carbonyl (C=O) groups is 1. The largest absolute Gasteiger partial charge is 0.462 e. The summed E-state index contributed by atoms with van der Waals surface area (Å²) in [6.45, 7) is 11.7. The number of benzene rings is 1. The predicted molar refractivity (Wildman–Crippen MR) is 83.9 cm³/mol. The molecular weight excluding hydrogens is 252 g/mol. The van der Waals surface area contributed by atoms with Crippen molar-refractivity contribution in [3.63, 3.8) is 0 Å². The standard InChI is InChI=1S/C16H26N2O2/c1-6-20-15(19)12-8-7-9-13(17)14(12)18-10-11(2)16(3,4)5/h7-9,11,18H,6,10,17H2,1-5H3. The molecule has 0 aliphatic rings. The first-order valence-corrected chi connectivity index (χ1v) is 7.06. The van der Waals surface area contributed by atoms with Crippen molar-refractivity contribution in [3.05, 3.63) is 23.8 Å². The van der Waals surface area contributed by atoms with E-state index in [4.69, 9.17) is 10.5 Å². The molecule has 0 heterocycles. The molecule has 1 aromatic carbocycles. The van der Waals surface area contributed by atoms with Gasteiger partial charge in [-0.15, -0.1) is 0 Å². The van der Waals surface area contributed by atoms with Crippen LogP contribution >= 0.6 is 0 Å². The van der Waals surface area contributed by atoms with Gasteiger partial charge in [-0.3, -0.25) is 0 Å². The second kappa shape index (κ2) is 6.64. The number of esters is 1. The number of nitrogens with two attached hydrogens (primary N) is 1. The Morgan fingerprint density at radius 1 is 1.40 bits per heavy atom. The number of rotatable bonds is 5. The van der Waals surface area contributed by atoms with Crippen molar-refractivity contribution in [1.82, 2.24) is 0 Å². The van der Waals surface area contributed by atoms with Crippen molar-refractivity contribution in [1.29, 1.82) is 0 Å². The lowest BCUT2D eigenvalue weighted by atomic mass is 9.82. The summed E-state index contributed by atoms with van der Waals surface area (Å²) in [5.41, 5.74) is 7.90. The lowest BCUT2D eigenvalue weighted by molar-refractivity contribution is 0.0527. The average Bonchev–Trinajstić information content (AvgIpc) is 2.35. The highest BCUT2D eigenvalue weighted by Gasteiger charge is 2.21. The molecule has 0 saturated heterocycles. The van der Waals surface area contributed by atoms with E-state index < -0.39 is 0 Å². The number of anilines is 2. The highest BCUT2D eigenvalue weighted by atomic mass is 16.5. The Labute approximate surface area is 121 Å². The van der Waals surface area contributed by atoms with Gasteiger partial charge in [0.2, 0.25) is 0 Å². The molecule has 0 aromatic heterocycles. The molecule has 0 aliphatic carbocycles. The van der Waals surface area contributed by atoms with Crippen LogP contribution in [0.1, 0.15) is 45.0 Å². The maximum absolute atomic E-state index is 11.9. The Morgan fingerprint density at radius 3 is 2.60 bits per heavy atom. The number of hydrogen-bond donors (Lipinski definition) is 2. The lowest BCUT2D eigenvalue weighted by Gasteiger charge is -2.28. The van der Waals surface area contributed by atoms with Crippen molar-refractivity contribution in [2.45, 2.75) is 34.6 Å². The molecule has 0 fully saturated rings. The molecule has 1 rings (SSSR count). The molecule has 1 unspecified atom stereocenters. The van der Waals surface area contributed by atoms with Crippen LogP contribution in [0.15, 0.2) is 18.2 Å². The summed E-state index contributed by atoms with van der Waals surface area (Å²) in [6.07, 6.45) is 0. The van der Waals surface area contributed by atoms with Crippen LogP contribution in [0, 0.1) is 11.3 Å². The molecule has 0 bridgehead atoms. The zero-order valence-electron chi connectivity index (χ0n) is 13.1. The summed E-state index contributed by atoms with van der Waals surface area (Å²) in [5, 5.41) is 3.30. The molecule has 0 spiro atoms. The molecule has 0 amide bonds. The van der Waals surface area contributed by atoms with Gasteiger partial charge in [0.25, 0.3) is 0 Å². The predicted octanol–water partition coefficient (Wildman–Crippen LogP) is 3.54. The monoisotopic (exact) mass is 278 g/mol. The van der Waals surface area contributed by atoms with E-state index in [2.05, 4.69) is 33.0 Å². The van der Waals surface area contributed by atoms with E-state index in [0.717, 1.165) is 6.54 Å². The average molecular weight is 278 g/mol. The van der Waals surface area contributed by atoms with E-state index in [1.165, 1.54) is 0 Å². The lowest BCUT2D eigenvalue weighted by Crippen LogP contribution is -2.25. The normalized spacial score (nSPS) is 12.8. The Morgan fingerprint density at radius 2 is 2.05 bits per heavy atom. The highest BCUT2D eigenvalue weighted by Crippen LogP contribution is 2.28. The molecule has 112 valence electrons. The number of para-hydroxylation sites is 1. The number of nitrogen functional groups attached to an aromatic ring is 1. The van der Waals surface area contributed by atoms with E-state index in [-0.39, 0.29) is 11.4 Å². The molecule has 1 atom stereocenters. The third-order valence-electron chi connectivity index (χ3n) is 3.66. The second-order valence-corrected chi connectivity index (χ2v) is 6.14. The molecule has 1 aromatic rings. The van der Waals surface area contributed by atoms with Crippen molar-refractivity contribution in [3.8, 4) is 0 Å². The molecule has 20 heavy (non-hydrogen) atoms. The summed E-state index contributed by atoms with van der Waals surface area (Å²) in [7, 11) is 0. The van der Waals surface area contributed by atoms with Crippen molar-refractivity contribution < 1.29 is 9.53 Å². The van der Waals surface area contributed by atoms with Gasteiger partial charge in [0.1, 0.15) is 0 Å². The van der Waals surface area contributed by atoms with Gasteiger partial charge in [0.05, 0.1) is 23.5 Å². The van der Waals surface area contributed by atoms with Gasteiger partial charge in [-0.1, -0.05) is 33.8 Å². The Balaban J connectivity index is 2.91. The SMILES string of the molecule is CCOC(=O)c1cccc(N)c1NCC(C)C(C)(C)C. The maximum atomic E-state index is 11.9. The summed E-state index contributed by atoms with van der Waals surface area (Å²) >= 11 is 0. The van der Waals surface area contributed by atoms with E-state index in [0.29, 0.717) is 29.5 Å². The first-order chi connectivity index (χ1) is 9.27. The second-order valence-electron chi connectivity index (χ2n) is 6.14. The van der Waals surface area contributed by atoms with Crippen LogP contribution in [-0.2, 0) is 4.74 Å². The van der Waals surface area contributed by atoms with E-state index in [1.54, 1.807) is 25.1 Å². The zero-order valence-corrected chi connectivity index (χ0v) is 13.1. The van der Waals surface area contributed by atoms with E-state index in [9.17, 15) is 4.79 Å². The summed E-state index contributed by atoms with van der Waals surface area (Å²) in [4.78, 5) is 11.9. The molecule has 0 radical (unpaired) electrons. The summed E-state index contributed by atoms with van der Waals surface area (Å²) in [6, 6.07) is 5.28. The van der Waals surface area contributed by atoms with Gasteiger partial charge in [-0.25, -0.2) is 4.79 Å². The number of nitrogens with one attached hydrogen (secondary N) is 1. The topological polar surface area (TPSA) is 64.3 Å². The molecule has 0 aliphatic heterocycles. The van der Waals surface area contributed by atoms with Crippen LogP contribution in [0.4, 0.5) is 11.4 Å². The van der Waals surface area contributed by atoms with Crippen LogP contribution in [0.5, 0.6) is 0 Å². The third-order valence-corrected chi connectivity index (χ3v) is 3.66. The quantitative estimate of drug-likeness (QED) is 0.638. The molecular formula is C16H26N2O2. The van der Waals surface area contributed by atoms with Gasteiger partial charge >= 0.3 is 5.97 Å². The smallest absolute Gasteiger partial charge is 0.340 e. The first kappa shape index (κ1) is 16.3.